The highest BCUT2D eigenvalue weighted by Crippen LogP contribution is 1.64. The molecular weight excluding hydrogens is 108 g/mol. The van der Waals surface area contributed by atoms with E-state index in [2.05, 4.69) is 10.3 Å². The molecule has 0 heterocycles. The second-order valence-electron chi connectivity index (χ2n) is 1.13. The predicted molar refractivity (Wildman–Crippen MR) is 27.1 cm³/mol. The molecule has 0 aromatic rings. The fourth-order valence-electron chi connectivity index (χ4n) is 0.242. The number of nitrogens with one attached hydrogen (secondary N) is 1. The van der Waals surface area contributed by atoms with Crippen LogP contribution in [0.5, 0.6) is 0 Å². The van der Waals surface area contributed by atoms with Gasteiger partial charge in [0.15, 0.2) is 0 Å². The molecule has 0 radical (unpaired) electrons. The summed E-state index contributed by atoms with van der Waals surface area (Å²) in [5.74, 6) is -0.498. The molecule has 1 amide bonds. The smallest absolute Gasteiger partial charge is 0.270 e. The van der Waals surface area contributed by atoms with Gasteiger partial charge in [0.2, 0.25) is 6.08 Å². The predicted octanol–water partition coefficient (Wildman–Crippen LogP) is -0.932. The first-order valence-electron chi connectivity index (χ1n) is 2.06. The number of rotatable bonds is 2. The van der Waals surface area contributed by atoms with Crippen molar-refractivity contribution in [3.05, 3.63) is 0 Å². The highest BCUT2D eigenvalue weighted by atomic mass is 16.2. The van der Waals surface area contributed by atoms with Gasteiger partial charge in [-0.15, -0.1) is 4.99 Å². The van der Waals surface area contributed by atoms with E-state index in [1.807, 2.05) is 0 Å². The summed E-state index contributed by atoms with van der Waals surface area (Å²) in [5.41, 5.74) is 0. The van der Waals surface area contributed by atoms with Crippen LogP contribution in [-0.2, 0) is 9.59 Å². The molecule has 0 aliphatic rings. The monoisotopic (exact) mass is 114 g/mol. The van der Waals surface area contributed by atoms with E-state index in [1.165, 1.54) is 0 Å². The molecule has 0 aliphatic heterocycles. The van der Waals surface area contributed by atoms with Gasteiger partial charge in [-0.05, 0) is 7.05 Å². The van der Waals surface area contributed by atoms with E-state index in [1.54, 1.807) is 7.05 Å². The molecule has 0 saturated heterocycles. The molecule has 0 atom stereocenters. The minimum absolute atomic E-state index is 0.0925. The molecule has 0 aromatic heterocycles. The van der Waals surface area contributed by atoms with Gasteiger partial charge in [-0.2, -0.15) is 0 Å². The Morgan fingerprint density at radius 2 is 2.50 bits per heavy atom. The zero-order chi connectivity index (χ0) is 6.41. The molecular formula is C4H6N2O2. The quantitative estimate of drug-likeness (QED) is 0.372. The van der Waals surface area contributed by atoms with E-state index < -0.39 is 5.91 Å². The normalized spacial score (nSPS) is 7.62. The van der Waals surface area contributed by atoms with Crippen molar-refractivity contribution in [2.24, 2.45) is 4.99 Å². The molecule has 0 unspecified atom stereocenters. The molecule has 0 aliphatic carbocycles. The summed E-state index contributed by atoms with van der Waals surface area (Å²) in [6.07, 6.45) is 1.14. The van der Waals surface area contributed by atoms with Crippen molar-refractivity contribution >= 4 is 12.0 Å². The maximum atomic E-state index is 10.2. The van der Waals surface area contributed by atoms with Crippen LogP contribution in [0.1, 0.15) is 0 Å². The van der Waals surface area contributed by atoms with Crippen molar-refractivity contribution in [2.45, 2.75) is 0 Å². The third-order valence-electron chi connectivity index (χ3n) is 0.498. The maximum absolute atomic E-state index is 10.2. The standard InChI is InChI=1S/C4H6N2O2/c1-5-2-4(8)6-3-7/h5H,2H2,1H3. The Hall–Kier alpha value is -0.990. The molecule has 0 rings (SSSR count). The van der Waals surface area contributed by atoms with E-state index in [4.69, 9.17) is 0 Å². The van der Waals surface area contributed by atoms with E-state index in [9.17, 15) is 9.59 Å². The van der Waals surface area contributed by atoms with Crippen LogP contribution in [0.2, 0.25) is 0 Å². The van der Waals surface area contributed by atoms with Gasteiger partial charge < -0.3 is 5.32 Å². The SMILES string of the molecule is CNCC(=O)N=C=O. The average molecular weight is 114 g/mol. The molecule has 4 heteroatoms. The molecule has 0 aromatic carbocycles. The third-order valence-corrected chi connectivity index (χ3v) is 0.498. The number of carbonyl (C=O) groups excluding carboxylic acids is 2. The summed E-state index contributed by atoms with van der Waals surface area (Å²) in [6.45, 7) is 0.0925. The first-order chi connectivity index (χ1) is 3.81. The third kappa shape index (κ3) is 3.21. The van der Waals surface area contributed by atoms with E-state index in [0.717, 1.165) is 6.08 Å². The Kier molecular flexibility index (Phi) is 3.66. The Labute approximate surface area is 46.6 Å². The first-order valence-corrected chi connectivity index (χ1v) is 2.06. The number of hydrogen-bond donors (Lipinski definition) is 1. The van der Waals surface area contributed by atoms with Crippen molar-refractivity contribution < 1.29 is 9.59 Å². The van der Waals surface area contributed by atoms with Crippen LogP contribution < -0.4 is 5.32 Å². The van der Waals surface area contributed by atoms with Gasteiger partial charge in [-0.3, -0.25) is 4.79 Å². The Balaban J connectivity index is 3.49. The molecule has 8 heavy (non-hydrogen) atoms. The van der Waals surface area contributed by atoms with Gasteiger partial charge in [-0.25, -0.2) is 4.79 Å². The lowest BCUT2D eigenvalue weighted by atomic mass is 10.6. The Morgan fingerprint density at radius 3 is 2.88 bits per heavy atom. The number of amides is 1. The number of aliphatic imine (C=N–C) groups is 1. The molecule has 0 fully saturated rings. The molecule has 0 spiro atoms. The van der Waals surface area contributed by atoms with Crippen LogP contribution >= 0.6 is 0 Å². The summed E-state index contributed by atoms with van der Waals surface area (Å²) in [6, 6.07) is 0. The highest BCUT2D eigenvalue weighted by molar-refractivity contribution is 5.83. The number of carbonyl (C=O) groups is 1. The van der Waals surface area contributed by atoms with E-state index in [-0.39, 0.29) is 6.54 Å². The Morgan fingerprint density at radius 1 is 1.88 bits per heavy atom. The number of nitrogens with zero attached hydrogens (tertiary/aromatic N) is 1. The lowest BCUT2D eigenvalue weighted by molar-refractivity contribution is -0.116. The van der Waals surface area contributed by atoms with Crippen molar-refractivity contribution in [1.82, 2.24) is 5.32 Å². The second-order valence-corrected chi connectivity index (χ2v) is 1.13. The minimum Gasteiger partial charge on any atom is -0.311 e. The first kappa shape index (κ1) is 7.01. The summed E-state index contributed by atoms with van der Waals surface area (Å²) >= 11 is 0. The van der Waals surface area contributed by atoms with E-state index >= 15 is 0 Å². The van der Waals surface area contributed by atoms with Gasteiger partial charge in [0.1, 0.15) is 0 Å². The van der Waals surface area contributed by atoms with Gasteiger partial charge >= 0.3 is 0 Å². The van der Waals surface area contributed by atoms with Crippen molar-refractivity contribution in [2.75, 3.05) is 13.6 Å². The van der Waals surface area contributed by atoms with Gasteiger partial charge in [0, 0.05) is 0 Å². The summed E-state index contributed by atoms with van der Waals surface area (Å²) in [4.78, 5) is 22.3. The molecule has 0 bridgehead atoms. The van der Waals surface area contributed by atoms with Crippen molar-refractivity contribution in [1.29, 1.82) is 0 Å². The zero-order valence-corrected chi connectivity index (χ0v) is 4.47. The van der Waals surface area contributed by atoms with Crippen LogP contribution in [0.4, 0.5) is 0 Å². The lowest BCUT2D eigenvalue weighted by Crippen LogP contribution is -2.15. The number of likely N-dealkylation sites (N-methyl/N-ethyl adjacent to an activating group) is 1. The summed E-state index contributed by atoms with van der Waals surface area (Å²) in [5, 5.41) is 2.53. The average Bonchev–Trinajstić information content (AvgIpc) is 1.68. The van der Waals surface area contributed by atoms with Crippen molar-refractivity contribution in [3.8, 4) is 0 Å². The van der Waals surface area contributed by atoms with Gasteiger partial charge in [0.25, 0.3) is 5.91 Å². The minimum atomic E-state index is -0.498. The molecule has 1 N–H and O–H groups in total. The topological polar surface area (TPSA) is 58.5 Å². The zero-order valence-electron chi connectivity index (χ0n) is 4.47. The van der Waals surface area contributed by atoms with Crippen LogP contribution in [0, 0.1) is 0 Å². The van der Waals surface area contributed by atoms with Crippen molar-refractivity contribution in [3.63, 3.8) is 0 Å². The molecule has 0 saturated carbocycles. The van der Waals surface area contributed by atoms with Gasteiger partial charge in [0.05, 0.1) is 6.54 Å². The molecule has 4 nitrogen and oxygen atoms in total. The highest BCUT2D eigenvalue weighted by Gasteiger charge is 1.91. The van der Waals surface area contributed by atoms with Crippen LogP contribution in [0.3, 0.4) is 0 Å². The molecule has 44 valence electrons. The number of hydrogen-bond acceptors (Lipinski definition) is 3. The van der Waals surface area contributed by atoms with Gasteiger partial charge in [-0.1, -0.05) is 0 Å². The fraction of sp³-hybridized carbons (Fsp3) is 0.500. The largest absolute Gasteiger partial charge is 0.311 e. The van der Waals surface area contributed by atoms with E-state index in [0.29, 0.717) is 0 Å². The Bertz CT molecular complexity index is 126. The van der Waals surface area contributed by atoms with Crippen LogP contribution in [-0.4, -0.2) is 25.6 Å². The summed E-state index contributed by atoms with van der Waals surface area (Å²) < 4.78 is 0. The maximum Gasteiger partial charge on any atom is 0.270 e. The number of isocyanates is 1. The second kappa shape index (κ2) is 4.18. The summed E-state index contributed by atoms with van der Waals surface area (Å²) in [7, 11) is 1.60. The lowest BCUT2D eigenvalue weighted by Gasteiger charge is -1.84. The van der Waals surface area contributed by atoms with Crippen LogP contribution in [0.25, 0.3) is 0 Å². The van der Waals surface area contributed by atoms with Crippen LogP contribution in [0.15, 0.2) is 4.99 Å². The fourth-order valence-corrected chi connectivity index (χ4v) is 0.242.